The van der Waals surface area contributed by atoms with Gasteiger partial charge in [-0.15, -0.1) is 12.4 Å². The molecule has 0 aromatic rings. The molecule has 0 spiro atoms. The molecule has 0 amide bonds. The Balaban J connectivity index is 0.00000900. The fraction of sp³-hybridized carbons (Fsp3) is 0.765. The lowest BCUT2D eigenvalue weighted by molar-refractivity contribution is -0.140. The third-order valence-electron chi connectivity index (χ3n) is 4.78. The predicted molar refractivity (Wildman–Crippen MR) is 112 cm³/mol. The highest BCUT2D eigenvalue weighted by molar-refractivity contribution is 5.85. The molecule has 14 heteroatoms. The minimum atomic E-state index is -1.16. The van der Waals surface area contributed by atoms with Crippen molar-refractivity contribution in [3.63, 3.8) is 0 Å². The van der Waals surface area contributed by atoms with E-state index in [1.807, 2.05) is 0 Å². The lowest BCUT2D eigenvalue weighted by atomic mass is 10.2. The Morgan fingerprint density at radius 3 is 1.10 bits per heavy atom. The molecule has 1 aliphatic rings. The molecule has 13 nitrogen and oxygen atoms in total. The zero-order chi connectivity index (χ0) is 22.7. The minimum Gasteiger partial charge on any atom is -0.480 e. The Labute approximate surface area is 186 Å². The molecule has 1 atom stereocenters. The standard InChI is InChI=1S/C17H31N5O8.ClH/c18-13(17(29)30)9-19-1-3-20(10-14(23)24)5-7-22(12-16(27)28)8-6-21(4-2-19)11-15(25)26;/h13H,1-12,18H2,(H,23,24)(H,25,26)(H,27,28)(H,29,30);1H/t13-;/m1./s1. The molecule has 1 rings (SSSR count). The van der Waals surface area contributed by atoms with Gasteiger partial charge in [0.1, 0.15) is 6.04 Å². The summed E-state index contributed by atoms with van der Waals surface area (Å²) >= 11 is 0. The van der Waals surface area contributed by atoms with Crippen molar-refractivity contribution in [2.45, 2.75) is 6.04 Å². The summed E-state index contributed by atoms with van der Waals surface area (Å²) in [5.74, 6) is -4.22. The van der Waals surface area contributed by atoms with Crippen molar-refractivity contribution in [2.75, 3.05) is 78.5 Å². The topological polar surface area (TPSA) is 188 Å². The summed E-state index contributed by atoms with van der Waals surface area (Å²) in [7, 11) is 0. The number of hydrogen-bond donors (Lipinski definition) is 5. The summed E-state index contributed by atoms with van der Waals surface area (Å²) in [5.41, 5.74) is 5.64. The van der Waals surface area contributed by atoms with Crippen LogP contribution in [0.15, 0.2) is 0 Å². The highest BCUT2D eigenvalue weighted by Crippen LogP contribution is 2.02. The van der Waals surface area contributed by atoms with E-state index in [9.17, 15) is 19.2 Å². The van der Waals surface area contributed by atoms with Gasteiger partial charge in [0.05, 0.1) is 19.6 Å². The second-order valence-electron chi connectivity index (χ2n) is 7.25. The molecule has 0 aromatic heterocycles. The summed E-state index contributed by atoms with van der Waals surface area (Å²) in [6.07, 6.45) is 0. The van der Waals surface area contributed by atoms with Crippen LogP contribution in [0, 0.1) is 0 Å². The molecule has 1 fully saturated rings. The number of carbonyl (C=O) groups is 4. The Hall–Kier alpha value is -2.03. The maximum atomic E-state index is 11.2. The molecule has 1 aliphatic heterocycles. The molecule has 1 heterocycles. The van der Waals surface area contributed by atoms with Gasteiger partial charge in [0.25, 0.3) is 0 Å². The zero-order valence-electron chi connectivity index (χ0n) is 17.3. The normalized spacial score (nSPS) is 19.4. The third kappa shape index (κ3) is 13.1. The largest absolute Gasteiger partial charge is 0.480 e. The van der Waals surface area contributed by atoms with E-state index >= 15 is 0 Å². The van der Waals surface area contributed by atoms with Crippen molar-refractivity contribution in [1.82, 2.24) is 19.6 Å². The van der Waals surface area contributed by atoms with Gasteiger partial charge in [0.2, 0.25) is 0 Å². The highest BCUT2D eigenvalue weighted by atomic mass is 35.5. The molecule has 0 radical (unpaired) electrons. The first-order chi connectivity index (χ1) is 14.1. The number of hydrogen-bond acceptors (Lipinski definition) is 9. The number of carboxylic acid groups (broad SMARTS) is 4. The van der Waals surface area contributed by atoms with Crippen LogP contribution in [0.25, 0.3) is 0 Å². The quantitative estimate of drug-likeness (QED) is 0.234. The summed E-state index contributed by atoms with van der Waals surface area (Å²) in [6, 6.07) is -1.12. The van der Waals surface area contributed by atoms with Gasteiger partial charge >= 0.3 is 23.9 Å². The predicted octanol–water partition coefficient (Wildman–Crippen LogP) is -2.70. The van der Waals surface area contributed by atoms with E-state index in [4.69, 9.17) is 26.2 Å². The van der Waals surface area contributed by atoms with Gasteiger partial charge in [0, 0.05) is 58.9 Å². The smallest absolute Gasteiger partial charge is 0.321 e. The number of carboxylic acids is 4. The molecule has 180 valence electrons. The van der Waals surface area contributed by atoms with E-state index < -0.39 is 29.9 Å². The Morgan fingerprint density at radius 2 is 0.871 bits per heavy atom. The summed E-state index contributed by atoms with van der Waals surface area (Å²) < 4.78 is 0. The molecule has 0 bridgehead atoms. The molecule has 0 aliphatic carbocycles. The molecule has 0 saturated carbocycles. The van der Waals surface area contributed by atoms with Crippen LogP contribution in [0.1, 0.15) is 0 Å². The van der Waals surface area contributed by atoms with Crippen molar-refractivity contribution < 1.29 is 39.6 Å². The van der Waals surface area contributed by atoms with Gasteiger partial charge in [-0.1, -0.05) is 0 Å². The van der Waals surface area contributed by atoms with Crippen molar-refractivity contribution in [3.8, 4) is 0 Å². The van der Waals surface area contributed by atoms with Gasteiger partial charge in [-0.3, -0.25) is 38.8 Å². The molecular formula is C17H32ClN5O8. The zero-order valence-corrected chi connectivity index (χ0v) is 18.1. The van der Waals surface area contributed by atoms with Crippen LogP contribution >= 0.6 is 12.4 Å². The van der Waals surface area contributed by atoms with Crippen LogP contribution < -0.4 is 5.73 Å². The van der Waals surface area contributed by atoms with Gasteiger partial charge in [-0.25, -0.2) is 0 Å². The summed E-state index contributed by atoms with van der Waals surface area (Å²) in [6.45, 7) is 1.87. The third-order valence-corrected chi connectivity index (χ3v) is 4.78. The lowest BCUT2D eigenvalue weighted by Crippen LogP contribution is -2.51. The van der Waals surface area contributed by atoms with E-state index in [0.29, 0.717) is 52.4 Å². The molecule has 0 aromatic carbocycles. The fourth-order valence-electron chi connectivity index (χ4n) is 3.17. The van der Waals surface area contributed by atoms with E-state index in [2.05, 4.69) is 0 Å². The van der Waals surface area contributed by atoms with Crippen LogP contribution in [0.4, 0.5) is 0 Å². The van der Waals surface area contributed by atoms with Crippen molar-refractivity contribution in [3.05, 3.63) is 0 Å². The number of halogens is 1. The number of rotatable bonds is 9. The van der Waals surface area contributed by atoms with E-state index in [0.717, 1.165) is 0 Å². The van der Waals surface area contributed by atoms with Crippen LogP contribution in [0.2, 0.25) is 0 Å². The van der Waals surface area contributed by atoms with Crippen LogP contribution in [0.3, 0.4) is 0 Å². The van der Waals surface area contributed by atoms with Crippen molar-refractivity contribution in [2.24, 2.45) is 5.73 Å². The van der Waals surface area contributed by atoms with E-state index in [1.54, 1.807) is 19.6 Å². The van der Waals surface area contributed by atoms with Crippen LogP contribution in [-0.4, -0.2) is 148 Å². The molecule has 1 saturated heterocycles. The number of nitrogens with zero attached hydrogens (tertiary/aromatic N) is 4. The fourth-order valence-corrected chi connectivity index (χ4v) is 3.17. The summed E-state index contributed by atoms with van der Waals surface area (Å²) in [5, 5.41) is 36.5. The van der Waals surface area contributed by atoms with Gasteiger partial charge in [0.15, 0.2) is 0 Å². The van der Waals surface area contributed by atoms with Crippen molar-refractivity contribution in [1.29, 1.82) is 0 Å². The maximum Gasteiger partial charge on any atom is 0.321 e. The summed E-state index contributed by atoms with van der Waals surface area (Å²) in [4.78, 5) is 51.3. The first-order valence-electron chi connectivity index (χ1n) is 9.60. The lowest BCUT2D eigenvalue weighted by Gasteiger charge is -2.33. The number of nitrogens with two attached hydrogens (primary N) is 1. The van der Waals surface area contributed by atoms with Crippen molar-refractivity contribution >= 4 is 36.3 Å². The van der Waals surface area contributed by atoms with Crippen LogP contribution in [0.5, 0.6) is 0 Å². The number of aliphatic carboxylic acids is 4. The highest BCUT2D eigenvalue weighted by Gasteiger charge is 2.22. The minimum absolute atomic E-state index is 0. The van der Waals surface area contributed by atoms with E-state index in [1.165, 1.54) is 0 Å². The monoisotopic (exact) mass is 469 g/mol. The first-order valence-corrected chi connectivity index (χ1v) is 9.60. The Bertz CT molecular complexity index is 579. The average molecular weight is 470 g/mol. The molecular weight excluding hydrogens is 438 g/mol. The average Bonchev–Trinajstić information content (AvgIpc) is 2.62. The van der Waals surface area contributed by atoms with Crippen LogP contribution in [-0.2, 0) is 19.2 Å². The van der Waals surface area contributed by atoms with Gasteiger partial charge in [-0.05, 0) is 0 Å². The second-order valence-corrected chi connectivity index (χ2v) is 7.25. The Morgan fingerprint density at radius 1 is 0.613 bits per heavy atom. The first kappa shape index (κ1) is 29.0. The van der Waals surface area contributed by atoms with Gasteiger partial charge in [-0.2, -0.15) is 0 Å². The second kappa shape index (κ2) is 14.9. The molecule has 0 unspecified atom stereocenters. The maximum absolute atomic E-state index is 11.2. The SMILES string of the molecule is Cl.N[C@H](CN1CCN(CC(=O)O)CCN(CC(=O)O)CCN(CC(=O)O)CC1)C(=O)O. The molecule has 6 N–H and O–H groups in total. The van der Waals surface area contributed by atoms with E-state index in [-0.39, 0.29) is 38.6 Å². The Kier molecular flexibility index (Phi) is 13.9. The molecule has 31 heavy (non-hydrogen) atoms. The van der Waals surface area contributed by atoms with Gasteiger partial charge < -0.3 is 26.2 Å².